The molecule has 0 radical (unpaired) electrons. The summed E-state index contributed by atoms with van der Waals surface area (Å²) >= 11 is 0. The van der Waals surface area contributed by atoms with Crippen molar-refractivity contribution in [1.29, 1.82) is 0 Å². The van der Waals surface area contributed by atoms with Crippen molar-refractivity contribution in [2.75, 3.05) is 31.6 Å². The van der Waals surface area contributed by atoms with E-state index in [0.717, 1.165) is 48.2 Å². The minimum absolute atomic E-state index is 0. The minimum atomic E-state index is 0. The quantitative estimate of drug-likeness (QED) is 0.304. The predicted octanol–water partition coefficient (Wildman–Crippen LogP) is 4.74. The molecule has 1 unspecified atom stereocenters. The Morgan fingerprint density at radius 2 is 2.00 bits per heavy atom. The van der Waals surface area contributed by atoms with Crippen molar-refractivity contribution in [2.45, 2.75) is 53.1 Å². The topological polar surface area (TPSA) is 61.8 Å². The van der Waals surface area contributed by atoms with E-state index in [4.69, 9.17) is 9.73 Å². The highest BCUT2D eigenvalue weighted by atomic mass is 127. The van der Waals surface area contributed by atoms with Crippen LogP contribution in [0, 0.1) is 13.8 Å². The second kappa shape index (κ2) is 12.1. The first-order valence-electron chi connectivity index (χ1n) is 10.9. The monoisotopic (exact) mass is 537 g/mol. The largest absolute Gasteiger partial charge is 0.496 e. The summed E-state index contributed by atoms with van der Waals surface area (Å²) in [5, 5.41) is 6.90. The van der Waals surface area contributed by atoms with Crippen LogP contribution in [-0.2, 0) is 6.54 Å². The van der Waals surface area contributed by atoms with Crippen LogP contribution >= 0.6 is 24.0 Å². The van der Waals surface area contributed by atoms with Gasteiger partial charge in [0.1, 0.15) is 5.75 Å². The molecule has 1 saturated heterocycles. The molecule has 7 heteroatoms. The van der Waals surface area contributed by atoms with Crippen molar-refractivity contribution >= 4 is 35.6 Å². The summed E-state index contributed by atoms with van der Waals surface area (Å²) in [6.07, 6.45) is 4.42. The van der Waals surface area contributed by atoms with Gasteiger partial charge in [0.15, 0.2) is 5.96 Å². The molecule has 170 valence electrons. The lowest BCUT2D eigenvalue weighted by molar-refractivity contribution is 0.407. The van der Waals surface area contributed by atoms with Crippen LogP contribution in [0.2, 0.25) is 0 Å². The molecule has 2 aromatic rings. The summed E-state index contributed by atoms with van der Waals surface area (Å²) in [6, 6.07) is 8.98. The fourth-order valence-electron chi connectivity index (χ4n) is 3.96. The van der Waals surface area contributed by atoms with Gasteiger partial charge in [-0.25, -0.2) is 4.99 Å². The molecule has 31 heavy (non-hydrogen) atoms. The van der Waals surface area contributed by atoms with Crippen LogP contribution in [0.25, 0.3) is 0 Å². The number of methoxy groups -OCH3 is 1. The van der Waals surface area contributed by atoms with Gasteiger partial charge in [-0.15, -0.1) is 24.0 Å². The predicted molar refractivity (Wildman–Crippen MR) is 140 cm³/mol. The van der Waals surface area contributed by atoms with E-state index in [1.807, 2.05) is 20.0 Å². The number of halogens is 1. The van der Waals surface area contributed by atoms with E-state index in [1.165, 1.54) is 24.1 Å². The number of hydrogen-bond donors (Lipinski definition) is 2. The Kier molecular flexibility index (Phi) is 9.87. The molecule has 2 heterocycles. The first kappa shape index (κ1) is 25.2. The number of guanidine groups is 1. The Balaban J connectivity index is 0.00000341. The smallest absolute Gasteiger partial charge is 0.192 e. The van der Waals surface area contributed by atoms with Gasteiger partial charge in [-0.1, -0.05) is 12.1 Å². The van der Waals surface area contributed by atoms with Gasteiger partial charge in [-0.05, 0) is 58.2 Å². The van der Waals surface area contributed by atoms with Crippen molar-refractivity contribution < 1.29 is 4.74 Å². The number of nitrogens with zero attached hydrogens (tertiary/aromatic N) is 3. The van der Waals surface area contributed by atoms with E-state index in [0.29, 0.717) is 6.54 Å². The van der Waals surface area contributed by atoms with Gasteiger partial charge in [-0.3, -0.25) is 4.98 Å². The zero-order chi connectivity index (χ0) is 21.5. The van der Waals surface area contributed by atoms with Crippen LogP contribution in [0.4, 0.5) is 5.69 Å². The summed E-state index contributed by atoms with van der Waals surface area (Å²) in [5.41, 5.74) is 5.59. The Morgan fingerprint density at radius 3 is 2.68 bits per heavy atom. The Morgan fingerprint density at radius 1 is 1.26 bits per heavy atom. The van der Waals surface area contributed by atoms with Crippen molar-refractivity contribution in [3.05, 3.63) is 52.8 Å². The van der Waals surface area contributed by atoms with Gasteiger partial charge in [0.05, 0.1) is 25.4 Å². The molecule has 1 atom stereocenters. The number of hydrogen-bond acceptors (Lipinski definition) is 4. The molecule has 2 N–H and O–H groups in total. The van der Waals surface area contributed by atoms with Gasteiger partial charge in [-0.2, -0.15) is 0 Å². The van der Waals surface area contributed by atoms with Gasteiger partial charge >= 0.3 is 0 Å². The molecule has 0 amide bonds. The number of nitrogens with one attached hydrogen (secondary N) is 2. The Bertz CT molecular complexity index is 880. The summed E-state index contributed by atoms with van der Waals surface area (Å²) in [6.45, 7) is 11.9. The highest BCUT2D eigenvalue weighted by Crippen LogP contribution is 2.25. The average Bonchev–Trinajstić information content (AvgIpc) is 3.28. The maximum atomic E-state index is 5.52. The lowest BCUT2D eigenvalue weighted by Gasteiger charge is -2.22. The number of pyridine rings is 1. The van der Waals surface area contributed by atoms with Crippen LogP contribution in [0.1, 0.15) is 55.1 Å². The maximum absolute atomic E-state index is 5.52. The Hall–Kier alpha value is -2.03. The second-order valence-corrected chi connectivity index (χ2v) is 7.90. The number of aromatic nitrogens is 1. The number of anilines is 1. The normalized spacial score (nSPS) is 14.7. The first-order valence-corrected chi connectivity index (χ1v) is 10.9. The molecule has 1 aliphatic heterocycles. The molecule has 6 nitrogen and oxygen atoms in total. The van der Waals surface area contributed by atoms with E-state index < -0.39 is 0 Å². The third kappa shape index (κ3) is 6.48. The van der Waals surface area contributed by atoms with Crippen molar-refractivity contribution in [3.8, 4) is 5.75 Å². The molecule has 1 aliphatic rings. The van der Waals surface area contributed by atoms with E-state index in [9.17, 15) is 0 Å². The SMILES string of the molecule is CCNC(=NCc1ncc(C)c(OC)c1C)NC(C)c1cccc(N2CCCC2)c1.I. The second-order valence-electron chi connectivity index (χ2n) is 7.90. The zero-order valence-corrected chi connectivity index (χ0v) is 21.7. The van der Waals surface area contributed by atoms with Crippen LogP contribution in [0.15, 0.2) is 35.5 Å². The van der Waals surface area contributed by atoms with Crippen LogP contribution in [-0.4, -0.2) is 37.7 Å². The lowest BCUT2D eigenvalue weighted by atomic mass is 10.1. The van der Waals surface area contributed by atoms with Gasteiger partial charge in [0, 0.05) is 42.6 Å². The third-order valence-electron chi connectivity index (χ3n) is 5.68. The number of benzene rings is 1. The molecule has 0 aliphatic carbocycles. The molecule has 1 aromatic heterocycles. The molecule has 3 rings (SSSR count). The fourth-order valence-corrected chi connectivity index (χ4v) is 3.96. The molecular weight excluding hydrogens is 501 g/mol. The number of aryl methyl sites for hydroxylation is 1. The standard InChI is InChI=1S/C24H35N5O.HI/c1-6-25-24(27-16-22-18(3)23(30-5)17(2)15-26-22)28-19(4)20-10-9-11-21(14-20)29-12-7-8-13-29;/h9-11,14-15,19H,6-8,12-13,16H2,1-5H3,(H2,25,27,28);1H. The fraction of sp³-hybridized carbons (Fsp3) is 0.500. The molecule has 0 saturated carbocycles. The summed E-state index contributed by atoms with van der Waals surface area (Å²) in [5.74, 6) is 1.68. The molecule has 0 bridgehead atoms. The maximum Gasteiger partial charge on any atom is 0.192 e. The highest BCUT2D eigenvalue weighted by molar-refractivity contribution is 14.0. The van der Waals surface area contributed by atoms with E-state index in [2.05, 4.69) is 58.6 Å². The van der Waals surface area contributed by atoms with Gasteiger partial charge in [0.2, 0.25) is 0 Å². The number of aliphatic imine (C=N–C) groups is 1. The van der Waals surface area contributed by atoms with E-state index in [-0.39, 0.29) is 30.0 Å². The van der Waals surface area contributed by atoms with Crippen LogP contribution < -0.4 is 20.3 Å². The van der Waals surface area contributed by atoms with Gasteiger partial charge in [0.25, 0.3) is 0 Å². The van der Waals surface area contributed by atoms with Crippen molar-refractivity contribution in [1.82, 2.24) is 15.6 Å². The molecule has 0 spiro atoms. The van der Waals surface area contributed by atoms with Crippen LogP contribution in [0.3, 0.4) is 0 Å². The lowest BCUT2D eigenvalue weighted by Crippen LogP contribution is -2.38. The van der Waals surface area contributed by atoms with E-state index in [1.54, 1.807) is 7.11 Å². The Labute approximate surface area is 203 Å². The summed E-state index contributed by atoms with van der Waals surface area (Å²) < 4.78 is 5.52. The summed E-state index contributed by atoms with van der Waals surface area (Å²) in [7, 11) is 1.70. The minimum Gasteiger partial charge on any atom is -0.496 e. The van der Waals surface area contributed by atoms with Gasteiger partial charge < -0.3 is 20.3 Å². The van der Waals surface area contributed by atoms with Crippen molar-refractivity contribution in [3.63, 3.8) is 0 Å². The highest BCUT2D eigenvalue weighted by Gasteiger charge is 2.15. The third-order valence-corrected chi connectivity index (χ3v) is 5.68. The number of ether oxygens (including phenoxy) is 1. The average molecular weight is 537 g/mol. The molecule has 1 aromatic carbocycles. The summed E-state index contributed by atoms with van der Waals surface area (Å²) in [4.78, 5) is 11.8. The first-order chi connectivity index (χ1) is 14.5. The zero-order valence-electron chi connectivity index (χ0n) is 19.4. The van der Waals surface area contributed by atoms with E-state index >= 15 is 0 Å². The van der Waals surface area contributed by atoms with Crippen molar-refractivity contribution in [2.24, 2.45) is 4.99 Å². The number of rotatable bonds is 7. The van der Waals surface area contributed by atoms with Crippen LogP contribution in [0.5, 0.6) is 5.75 Å². The molecular formula is C24H36IN5O. The molecule has 1 fully saturated rings.